The zero-order chi connectivity index (χ0) is 14.3. The van der Waals surface area contributed by atoms with Crippen molar-refractivity contribution in [3.8, 4) is 0 Å². The first-order chi connectivity index (χ1) is 8.72. The maximum atomic E-state index is 12.6. The molecule has 19 heavy (non-hydrogen) atoms. The monoisotopic (exact) mass is 346 g/mol. The Bertz CT molecular complexity index is 584. The molecule has 0 unspecified atom stereocenters. The highest BCUT2D eigenvalue weighted by Gasteiger charge is 2.34. The fourth-order valence-corrected chi connectivity index (χ4v) is 4.36. The molecule has 1 aliphatic rings. The number of rotatable bonds is 2. The highest BCUT2D eigenvalue weighted by atomic mass is 79.9. The third-order valence-electron chi connectivity index (χ3n) is 3.47. The van der Waals surface area contributed by atoms with Crippen LogP contribution in [-0.2, 0) is 10.0 Å². The van der Waals surface area contributed by atoms with Gasteiger partial charge in [0.2, 0.25) is 10.0 Å². The molecular formula is C13H19BrN2O2S. The molecule has 106 valence electrons. The van der Waals surface area contributed by atoms with Gasteiger partial charge in [-0.1, -0.05) is 13.8 Å². The molecule has 1 aromatic carbocycles. The van der Waals surface area contributed by atoms with Crippen LogP contribution in [0.4, 0.5) is 5.69 Å². The molecule has 2 rings (SSSR count). The number of hydrogen-bond acceptors (Lipinski definition) is 3. The summed E-state index contributed by atoms with van der Waals surface area (Å²) in [4.78, 5) is 0.269. The summed E-state index contributed by atoms with van der Waals surface area (Å²) in [6.45, 7) is 5.35. The molecule has 0 radical (unpaired) electrons. The molecule has 0 aliphatic carbocycles. The molecule has 1 saturated heterocycles. The summed E-state index contributed by atoms with van der Waals surface area (Å²) in [6.07, 6.45) is 1.96. The number of nitrogens with zero attached hydrogens (tertiary/aromatic N) is 1. The predicted octanol–water partition coefficient (Wildman–Crippen LogP) is 2.84. The van der Waals surface area contributed by atoms with Crippen LogP contribution in [0.15, 0.2) is 27.6 Å². The van der Waals surface area contributed by atoms with Crippen LogP contribution >= 0.6 is 15.9 Å². The molecule has 1 fully saturated rings. The Labute approximate surface area is 123 Å². The molecule has 0 spiro atoms. The van der Waals surface area contributed by atoms with Crippen molar-refractivity contribution in [3.63, 3.8) is 0 Å². The van der Waals surface area contributed by atoms with E-state index in [1.54, 1.807) is 16.4 Å². The molecular weight excluding hydrogens is 328 g/mol. The van der Waals surface area contributed by atoms with Gasteiger partial charge in [0, 0.05) is 23.2 Å². The standard InChI is InChI=1S/C13H19BrN2O2S/c1-13(2)6-3-7-16(9-13)19(17,18)10-4-5-11(14)12(15)8-10/h4-5,8H,3,6-7,9,15H2,1-2H3. The van der Waals surface area contributed by atoms with Gasteiger partial charge in [0.1, 0.15) is 0 Å². The smallest absolute Gasteiger partial charge is 0.243 e. The second-order valence-electron chi connectivity index (χ2n) is 5.79. The fraction of sp³-hybridized carbons (Fsp3) is 0.538. The zero-order valence-electron chi connectivity index (χ0n) is 11.2. The van der Waals surface area contributed by atoms with Crippen molar-refractivity contribution >= 4 is 31.6 Å². The van der Waals surface area contributed by atoms with Gasteiger partial charge in [-0.2, -0.15) is 4.31 Å². The average Bonchev–Trinajstić information content (AvgIpc) is 2.31. The molecule has 0 aromatic heterocycles. The number of piperidine rings is 1. The van der Waals surface area contributed by atoms with Crippen molar-refractivity contribution < 1.29 is 8.42 Å². The topological polar surface area (TPSA) is 63.4 Å². The maximum Gasteiger partial charge on any atom is 0.243 e. The van der Waals surface area contributed by atoms with Crippen LogP contribution in [0.5, 0.6) is 0 Å². The molecule has 1 aliphatic heterocycles. The van der Waals surface area contributed by atoms with E-state index in [2.05, 4.69) is 29.8 Å². The molecule has 4 nitrogen and oxygen atoms in total. The van der Waals surface area contributed by atoms with Gasteiger partial charge in [-0.15, -0.1) is 0 Å². The minimum Gasteiger partial charge on any atom is -0.398 e. The molecule has 0 atom stereocenters. The number of halogens is 1. The van der Waals surface area contributed by atoms with E-state index in [4.69, 9.17) is 5.73 Å². The van der Waals surface area contributed by atoms with E-state index in [0.29, 0.717) is 23.2 Å². The summed E-state index contributed by atoms with van der Waals surface area (Å²) in [5.41, 5.74) is 6.25. The van der Waals surface area contributed by atoms with Gasteiger partial charge < -0.3 is 5.73 Å². The SMILES string of the molecule is CC1(C)CCCN(S(=O)(=O)c2ccc(Br)c(N)c2)C1. The van der Waals surface area contributed by atoms with Crippen molar-refractivity contribution in [1.29, 1.82) is 0 Å². The third kappa shape index (κ3) is 3.12. The largest absolute Gasteiger partial charge is 0.398 e. The van der Waals surface area contributed by atoms with Crippen molar-refractivity contribution in [2.24, 2.45) is 5.41 Å². The highest BCUT2D eigenvalue weighted by Crippen LogP contribution is 2.32. The van der Waals surface area contributed by atoms with Gasteiger partial charge >= 0.3 is 0 Å². The van der Waals surface area contributed by atoms with Gasteiger partial charge in [-0.25, -0.2) is 8.42 Å². The van der Waals surface area contributed by atoms with Crippen molar-refractivity contribution in [3.05, 3.63) is 22.7 Å². The second-order valence-corrected chi connectivity index (χ2v) is 8.58. The summed E-state index contributed by atoms with van der Waals surface area (Å²) < 4.78 is 27.5. The first-order valence-electron chi connectivity index (χ1n) is 6.28. The van der Waals surface area contributed by atoms with Crippen LogP contribution in [0, 0.1) is 5.41 Å². The van der Waals surface area contributed by atoms with Gasteiger partial charge in [-0.05, 0) is 52.4 Å². The minimum atomic E-state index is -3.44. The van der Waals surface area contributed by atoms with E-state index in [1.165, 1.54) is 6.07 Å². The summed E-state index contributed by atoms with van der Waals surface area (Å²) >= 11 is 3.28. The molecule has 1 aromatic rings. The second kappa shape index (κ2) is 5.07. The van der Waals surface area contributed by atoms with Gasteiger partial charge in [-0.3, -0.25) is 0 Å². The lowest BCUT2D eigenvalue weighted by Gasteiger charge is -2.37. The molecule has 2 N–H and O–H groups in total. The highest BCUT2D eigenvalue weighted by molar-refractivity contribution is 9.10. The quantitative estimate of drug-likeness (QED) is 0.837. The number of benzene rings is 1. The summed E-state index contributed by atoms with van der Waals surface area (Å²) in [5.74, 6) is 0. The lowest BCUT2D eigenvalue weighted by Crippen LogP contribution is -2.43. The molecule has 0 saturated carbocycles. The Balaban J connectivity index is 2.34. The Morgan fingerprint density at radius 2 is 2.05 bits per heavy atom. The van der Waals surface area contributed by atoms with Crippen LogP contribution in [0.25, 0.3) is 0 Å². The average molecular weight is 347 g/mol. The summed E-state index contributed by atoms with van der Waals surface area (Å²) in [6, 6.07) is 4.79. The summed E-state index contributed by atoms with van der Waals surface area (Å²) in [5, 5.41) is 0. The Kier molecular flexibility index (Phi) is 3.95. The van der Waals surface area contributed by atoms with E-state index in [1.807, 2.05) is 0 Å². The number of hydrogen-bond donors (Lipinski definition) is 1. The molecule has 1 heterocycles. The Morgan fingerprint density at radius 3 is 2.63 bits per heavy atom. The van der Waals surface area contributed by atoms with Crippen LogP contribution in [0.1, 0.15) is 26.7 Å². The first kappa shape index (κ1) is 14.8. The van der Waals surface area contributed by atoms with Crippen LogP contribution in [0.3, 0.4) is 0 Å². The molecule has 0 amide bonds. The van der Waals surface area contributed by atoms with Crippen molar-refractivity contribution in [2.75, 3.05) is 18.8 Å². The number of anilines is 1. The lowest BCUT2D eigenvalue weighted by molar-refractivity contribution is 0.187. The van der Waals surface area contributed by atoms with Crippen LogP contribution < -0.4 is 5.73 Å². The van der Waals surface area contributed by atoms with Crippen LogP contribution in [0.2, 0.25) is 0 Å². The lowest BCUT2D eigenvalue weighted by atomic mass is 9.85. The van der Waals surface area contributed by atoms with Gasteiger partial charge in [0.15, 0.2) is 0 Å². The van der Waals surface area contributed by atoms with E-state index in [-0.39, 0.29) is 10.3 Å². The number of sulfonamides is 1. The molecule has 6 heteroatoms. The van der Waals surface area contributed by atoms with E-state index in [9.17, 15) is 8.42 Å². The number of nitrogen functional groups attached to an aromatic ring is 1. The van der Waals surface area contributed by atoms with E-state index < -0.39 is 10.0 Å². The molecule has 0 bridgehead atoms. The fourth-order valence-electron chi connectivity index (χ4n) is 2.41. The van der Waals surface area contributed by atoms with Crippen LogP contribution in [-0.4, -0.2) is 25.8 Å². The minimum absolute atomic E-state index is 0.0340. The zero-order valence-corrected chi connectivity index (χ0v) is 13.6. The van der Waals surface area contributed by atoms with Crippen molar-refractivity contribution in [2.45, 2.75) is 31.6 Å². The normalized spacial score (nSPS) is 20.4. The maximum absolute atomic E-state index is 12.6. The number of nitrogens with two attached hydrogens (primary N) is 1. The first-order valence-corrected chi connectivity index (χ1v) is 8.51. The van der Waals surface area contributed by atoms with E-state index in [0.717, 1.165) is 12.8 Å². The van der Waals surface area contributed by atoms with Gasteiger partial charge in [0.05, 0.1) is 4.90 Å². The Morgan fingerprint density at radius 1 is 1.37 bits per heavy atom. The predicted molar refractivity (Wildman–Crippen MR) is 80.3 cm³/mol. The van der Waals surface area contributed by atoms with E-state index >= 15 is 0 Å². The third-order valence-corrected chi connectivity index (χ3v) is 6.03. The Hall–Kier alpha value is -0.590. The summed E-state index contributed by atoms with van der Waals surface area (Å²) in [7, 11) is -3.44. The van der Waals surface area contributed by atoms with Gasteiger partial charge in [0.25, 0.3) is 0 Å². The van der Waals surface area contributed by atoms with Crippen molar-refractivity contribution in [1.82, 2.24) is 4.31 Å².